The summed E-state index contributed by atoms with van der Waals surface area (Å²) in [5.41, 5.74) is 2.95. The largest absolute Gasteiger partial charge is 0.347 e. The Balaban J connectivity index is 1.58. The molecule has 0 amide bonds. The molecule has 1 spiro atoms. The molecule has 100 valence electrons. The molecule has 2 fully saturated rings. The molecule has 0 atom stereocenters. The molecular weight excluding hydrogens is 246 g/mol. The molecule has 18 heavy (non-hydrogen) atoms. The number of thiophene rings is 1. The molecule has 3 heterocycles. The zero-order chi connectivity index (χ0) is 12.6. The number of likely N-dealkylation sites (tertiary alicyclic amines) is 1. The van der Waals surface area contributed by atoms with Crippen molar-refractivity contribution in [2.75, 3.05) is 26.3 Å². The average Bonchev–Trinajstić information content (AvgIpc) is 2.95. The number of hydrogen-bond acceptors (Lipinski definition) is 4. The molecule has 3 rings (SSSR count). The first kappa shape index (κ1) is 12.6. The Morgan fingerprint density at radius 1 is 1.22 bits per heavy atom. The van der Waals surface area contributed by atoms with E-state index in [4.69, 9.17) is 9.47 Å². The Labute approximate surface area is 113 Å². The summed E-state index contributed by atoms with van der Waals surface area (Å²) in [6.07, 6.45) is 2.02. The summed E-state index contributed by atoms with van der Waals surface area (Å²) < 4.78 is 11.5. The van der Waals surface area contributed by atoms with Gasteiger partial charge in [-0.2, -0.15) is 0 Å². The zero-order valence-electron chi connectivity index (χ0n) is 11.2. The summed E-state index contributed by atoms with van der Waals surface area (Å²) in [5, 5.41) is 2.30. The summed E-state index contributed by atoms with van der Waals surface area (Å²) in [5.74, 6) is -0.240. The molecule has 0 radical (unpaired) electrons. The van der Waals surface area contributed by atoms with Crippen molar-refractivity contribution in [3.8, 4) is 0 Å². The van der Waals surface area contributed by atoms with E-state index in [2.05, 4.69) is 24.1 Å². The molecule has 0 saturated carbocycles. The van der Waals surface area contributed by atoms with Gasteiger partial charge >= 0.3 is 0 Å². The number of aryl methyl sites for hydroxylation is 1. The molecule has 2 aliphatic heterocycles. The van der Waals surface area contributed by atoms with Crippen LogP contribution < -0.4 is 0 Å². The smallest absolute Gasteiger partial charge is 0.170 e. The second kappa shape index (κ2) is 4.93. The van der Waals surface area contributed by atoms with Crippen LogP contribution in [0.3, 0.4) is 0 Å². The number of rotatable bonds is 2. The summed E-state index contributed by atoms with van der Waals surface area (Å²) in [7, 11) is 0. The minimum absolute atomic E-state index is 0.240. The Kier molecular flexibility index (Phi) is 3.45. The Morgan fingerprint density at radius 3 is 2.44 bits per heavy atom. The van der Waals surface area contributed by atoms with Gasteiger partial charge in [0.25, 0.3) is 0 Å². The molecule has 2 saturated heterocycles. The third kappa shape index (κ3) is 2.35. The highest BCUT2D eigenvalue weighted by molar-refractivity contribution is 7.10. The van der Waals surface area contributed by atoms with Crippen LogP contribution in [0.5, 0.6) is 0 Å². The van der Waals surface area contributed by atoms with Gasteiger partial charge in [0.2, 0.25) is 0 Å². The van der Waals surface area contributed by atoms with Gasteiger partial charge in [0.1, 0.15) is 0 Å². The number of piperidine rings is 1. The van der Waals surface area contributed by atoms with E-state index in [0.29, 0.717) is 0 Å². The highest BCUT2D eigenvalue weighted by Gasteiger charge is 2.39. The fraction of sp³-hybridized carbons (Fsp3) is 0.714. The van der Waals surface area contributed by atoms with Crippen LogP contribution in [0.25, 0.3) is 0 Å². The monoisotopic (exact) mass is 267 g/mol. The van der Waals surface area contributed by atoms with Gasteiger partial charge in [-0.05, 0) is 30.4 Å². The molecule has 0 unspecified atom stereocenters. The maximum atomic E-state index is 5.76. The number of nitrogens with zero attached hydrogens (tertiary/aromatic N) is 1. The lowest BCUT2D eigenvalue weighted by atomic mass is 10.0. The molecular formula is C14H21NO2S. The van der Waals surface area contributed by atoms with E-state index in [9.17, 15) is 0 Å². The normalized spacial score (nSPS) is 23.9. The lowest BCUT2D eigenvalue weighted by Crippen LogP contribution is -2.44. The van der Waals surface area contributed by atoms with E-state index >= 15 is 0 Å². The van der Waals surface area contributed by atoms with Crippen molar-refractivity contribution < 1.29 is 9.47 Å². The van der Waals surface area contributed by atoms with Gasteiger partial charge in [-0.15, -0.1) is 11.3 Å². The van der Waals surface area contributed by atoms with Crippen LogP contribution in [0.4, 0.5) is 0 Å². The van der Waals surface area contributed by atoms with Gasteiger partial charge in [-0.1, -0.05) is 0 Å². The molecule has 1 aromatic heterocycles. The molecule has 0 N–H and O–H groups in total. The molecule has 3 nitrogen and oxygen atoms in total. The molecule has 0 aliphatic carbocycles. The van der Waals surface area contributed by atoms with Crippen molar-refractivity contribution in [1.82, 2.24) is 4.90 Å². The van der Waals surface area contributed by atoms with E-state index in [1.54, 1.807) is 0 Å². The van der Waals surface area contributed by atoms with E-state index < -0.39 is 0 Å². The van der Waals surface area contributed by atoms with Crippen LogP contribution in [0.15, 0.2) is 5.38 Å². The molecule has 0 aromatic carbocycles. The first-order chi connectivity index (χ1) is 8.69. The Bertz CT molecular complexity index is 413. The maximum Gasteiger partial charge on any atom is 0.170 e. The van der Waals surface area contributed by atoms with Gasteiger partial charge in [0, 0.05) is 37.4 Å². The zero-order valence-corrected chi connectivity index (χ0v) is 12.0. The maximum absolute atomic E-state index is 5.76. The van der Waals surface area contributed by atoms with E-state index in [1.165, 1.54) is 16.0 Å². The fourth-order valence-electron chi connectivity index (χ4n) is 2.80. The van der Waals surface area contributed by atoms with Crippen LogP contribution in [-0.4, -0.2) is 37.0 Å². The highest BCUT2D eigenvalue weighted by Crippen LogP contribution is 2.32. The fourth-order valence-corrected chi connectivity index (χ4v) is 3.67. The van der Waals surface area contributed by atoms with Crippen LogP contribution in [0.1, 0.15) is 28.8 Å². The van der Waals surface area contributed by atoms with Crippen molar-refractivity contribution in [3.63, 3.8) is 0 Å². The summed E-state index contributed by atoms with van der Waals surface area (Å²) in [6, 6.07) is 0. The van der Waals surface area contributed by atoms with E-state index in [1.807, 2.05) is 11.3 Å². The second-order valence-corrected chi connectivity index (χ2v) is 6.41. The van der Waals surface area contributed by atoms with Gasteiger partial charge in [-0.25, -0.2) is 0 Å². The standard InChI is InChI=1S/C14H21NO2S/c1-11-12(2)18-10-13(11)9-15-5-3-14(4-6-15)16-7-8-17-14/h10H,3-9H2,1-2H3. The summed E-state index contributed by atoms with van der Waals surface area (Å²) in [4.78, 5) is 3.96. The van der Waals surface area contributed by atoms with Crippen molar-refractivity contribution in [3.05, 3.63) is 21.4 Å². The van der Waals surface area contributed by atoms with Crippen LogP contribution in [0.2, 0.25) is 0 Å². The molecule has 2 aliphatic rings. The first-order valence-corrected chi connectivity index (χ1v) is 7.60. The van der Waals surface area contributed by atoms with Crippen LogP contribution in [0, 0.1) is 13.8 Å². The van der Waals surface area contributed by atoms with Gasteiger partial charge < -0.3 is 9.47 Å². The predicted molar refractivity (Wildman–Crippen MR) is 72.9 cm³/mol. The van der Waals surface area contributed by atoms with E-state index in [0.717, 1.165) is 45.7 Å². The Morgan fingerprint density at radius 2 is 1.89 bits per heavy atom. The molecule has 4 heteroatoms. The van der Waals surface area contributed by atoms with Gasteiger partial charge in [0.05, 0.1) is 13.2 Å². The predicted octanol–water partition coefficient (Wildman–Crippen LogP) is 2.70. The van der Waals surface area contributed by atoms with Crippen molar-refractivity contribution in [2.45, 2.75) is 39.0 Å². The summed E-state index contributed by atoms with van der Waals surface area (Å²) >= 11 is 1.86. The van der Waals surface area contributed by atoms with Gasteiger partial charge in [0.15, 0.2) is 5.79 Å². The third-order valence-corrected chi connectivity index (χ3v) is 5.28. The van der Waals surface area contributed by atoms with Crippen molar-refractivity contribution in [1.29, 1.82) is 0 Å². The SMILES string of the molecule is Cc1scc(CN2CCC3(CC2)OCCO3)c1C. The minimum Gasteiger partial charge on any atom is -0.347 e. The second-order valence-electron chi connectivity index (χ2n) is 5.33. The van der Waals surface area contributed by atoms with E-state index in [-0.39, 0.29) is 5.79 Å². The molecule has 0 bridgehead atoms. The lowest BCUT2D eigenvalue weighted by molar-refractivity contribution is -0.185. The third-order valence-electron chi connectivity index (χ3n) is 4.21. The lowest BCUT2D eigenvalue weighted by Gasteiger charge is -2.37. The topological polar surface area (TPSA) is 21.7 Å². The summed E-state index contributed by atoms with van der Waals surface area (Å²) in [6.45, 7) is 9.20. The quantitative estimate of drug-likeness (QED) is 0.822. The first-order valence-electron chi connectivity index (χ1n) is 6.72. The van der Waals surface area contributed by atoms with Crippen LogP contribution >= 0.6 is 11.3 Å². The average molecular weight is 267 g/mol. The van der Waals surface area contributed by atoms with Gasteiger partial charge in [-0.3, -0.25) is 4.90 Å². The van der Waals surface area contributed by atoms with Crippen molar-refractivity contribution in [2.24, 2.45) is 0 Å². The molecule has 1 aromatic rings. The van der Waals surface area contributed by atoms with Crippen LogP contribution in [-0.2, 0) is 16.0 Å². The number of ether oxygens (including phenoxy) is 2. The Hall–Kier alpha value is -0.420. The number of hydrogen-bond donors (Lipinski definition) is 0. The highest BCUT2D eigenvalue weighted by atomic mass is 32.1. The van der Waals surface area contributed by atoms with Crippen molar-refractivity contribution >= 4 is 11.3 Å². The minimum atomic E-state index is -0.240.